The van der Waals surface area contributed by atoms with Gasteiger partial charge in [0.25, 0.3) is 5.91 Å². The predicted molar refractivity (Wildman–Crippen MR) is 123 cm³/mol. The van der Waals surface area contributed by atoms with Crippen molar-refractivity contribution in [3.63, 3.8) is 0 Å². The molecule has 0 bridgehead atoms. The van der Waals surface area contributed by atoms with Gasteiger partial charge in [-0.3, -0.25) is 4.79 Å². The average Bonchev–Trinajstić information content (AvgIpc) is 3.31. The summed E-state index contributed by atoms with van der Waals surface area (Å²) in [5, 5.41) is 3.07. The maximum atomic E-state index is 14.0. The number of aromatic nitrogens is 1. The van der Waals surface area contributed by atoms with Crippen LogP contribution in [-0.4, -0.2) is 56.5 Å². The number of rotatable bonds is 7. The molecule has 4 rings (SSSR count). The van der Waals surface area contributed by atoms with Crippen molar-refractivity contribution in [3.8, 4) is 16.3 Å². The quantitative estimate of drug-likeness (QED) is 0.542. The van der Waals surface area contributed by atoms with Gasteiger partial charge in [-0.2, -0.15) is 4.31 Å². The minimum Gasteiger partial charge on any atom is -0.492 e. The maximum Gasteiger partial charge on any atom is 0.267 e. The smallest absolute Gasteiger partial charge is 0.267 e. The number of nitrogens with zero attached hydrogens (tertiary/aromatic N) is 2. The van der Waals surface area contributed by atoms with Gasteiger partial charge in [0.2, 0.25) is 10.0 Å². The van der Waals surface area contributed by atoms with Crippen molar-refractivity contribution in [2.75, 3.05) is 38.2 Å². The van der Waals surface area contributed by atoms with Crippen molar-refractivity contribution in [2.24, 2.45) is 0 Å². The summed E-state index contributed by atoms with van der Waals surface area (Å²) >= 11 is 1.04. The number of nitrogens with one attached hydrogen (secondary N) is 1. The standard InChI is InChI=1S/C22H22FN3O5S2/c1-2-31-18-8-7-15(13-20(18)33(28,29)26-9-11-30-12-10-26)25-21(27)19-14-24-22(32-19)16-5-3-4-6-17(16)23/h3-8,13-14H,2,9-12H2,1H3,(H,25,27). The first-order chi connectivity index (χ1) is 15.9. The van der Waals surface area contributed by atoms with Crippen LogP contribution in [-0.2, 0) is 14.8 Å². The molecular formula is C22H22FN3O5S2. The highest BCUT2D eigenvalue weighted by Gasteiger charge is 2.30. The Morgan fingerprint density at radius 3 is 2.73 bits per heavy atom. The number of hydrogen-bond acceptors (Lipinski definition) is 7. The van der Waals surface area contributed by atoms with E-state index < -0.39 is 21.7 Å². The lowest BCUT2D eigenvalue weighted by molar-refractivity contribution is 0.0729. The van der Waals surface area contributed by atoms with Gasteiger partial charge in [-0.15, -0.1) is 11.3 Å². The Balaban J connectivity index is 1.59. The molecule has 1 aromatic heterocycles. The van der Waals surface area contributed by atoms with E-state index in [9.17, 15) is 17.6 Å². The van der Waals surface area contributed by atoms with Gasteiger partial charge < -0.3 is 14.8 Å². The minimum atomic E-state index is -3.85. The average molecular weight is 492 g/mol. The van der Waals surface area contributed by atoms with Gasteiger partial charge in [0.1, 0.15) is 26.3 Å². The van der Waals surface area contributed by atoms with Crippen molar-refractivity contribution >= 4 is 33.0 Å². The zero-order chi connectivity index (χ0) is 23.4. The lowest BCUT2D eigenvalue weighted by Gasteiger charge is -2.27. The second kappa shape index (κ2) is 9.96. The van der Waals surface area contributed by atoms with Gasteiger partial charge >= 0.3 is 0 Å². The summed E-state index contributed by atoms with van der Waals surface area (Å²) in [6, 6.07) is 10.7. The Kier molecular flexibility index (Phi) is 7.03. The number of ether oxygens (including phenoxy) is 2. The van der Waals surface area contributed by atoms with Crippen molar-refractivity contribution < 1.29 is 27.1 Å². The van der Waals surface area contributed by atoms with E-state index in [1.54, 1.807) is 31.2 Å². The molecule has 1 aliphatic rings. The van der Waals surface area contributed by atoms with Crippen LogP contribution in [0, 0.1) is 5.82 Å². The molecule has 1 aliphatic heterocycles. The van der Waals surface area contributed by atoms with E-state index in [1.165, 1.54) is 28.7 Å². The molecule has 0 atom stereocenters. The van der Waals surface area contributed by atoms with Crippen LogP contribution in [0.5, 0.6) is 5.75 Å². The van der Waals surface area contributed by atoms with Gasteiger partial charge in [-0.25, -0.2) is 17.8 Å². The molecule has 0 saturated carbocycles. The molecule has 33 heavy (non-hydrogen) atoms. The summed E-state index contributed by atoms with van der Waals surface area (Å²) in [7, 11) is -3.85. The van der Waals surface area contributed by atoms with Crippen LogP contribution < -0.4 is 10.1 Å². The number of thiazole rings is 1. The van der Waals surface area contributed by atoms with Crippen LogP contribution in [0.25, 0.3) is 10.6 Å². The normalized spacial score (nSPS) is 14.7. The van der Waals surface area contributed by atoms with Crippen LogP contribution in [0.4, 0.5) is 10.1 Å². The second-order valence-corrected chi connectivity index (χ2v) is 10.0. The van der Waals surface area contributed by atoms with Crippen LogP contribution in [0.3, 0.4) is 0 Å². The molecule has 1 amide bonds. The zero-order valence-electron chi connectivity index (χ0n) is 17.8. The first kappa shape index (κ1) is 23.3. The van der Waals surface area contributed by atoms with Crippen molar-refractivity contribution in [3.05, 3.63) is 59.4 Å². The Labute approximate surface area is 195 Å². The third-order valence-electron chi connectivity index (χ3n) is 4.92. The summed E-state index contributed by atoms with van der Waals surface area (Å²) in [6.45, 7) is 3.16. The highest BCUT2D eigenvalue weighted by Crippen LogP contribution is 2.32. The summed E-state index contributed by atoms with van der Waals surface area (Å²) in [5.74, 6) is -0.695. The molecule has 1 saturated heterocycles. The minimum absolute atomic E-state index is 0.0274. The summed E-state index contributed by atoms with van der Waals surface area (Å²) in [5.41, 5.74) is 0.595. The summed E-state index contributed by atoms with van der Waals surface area (Å²) < 4.78 is 52.6. The topological polar surface area (TPSA) is 97.8 Å². The fraction of sp³-hybridized carbons (Fsp3) is 0.273. The number of halogens is 1. The highest BCUT2D eigenvalue weighted by molar-refractivity contribution is 7.89. The fourth-order valence-corrected chi connectivity index (χ4v) is 5.72. The largest absolute Gasteiger partial charge is 0.492 e. The molecule has 174 valence electrons. The molecule has 1 N–H and O–H groups in total. The predicted octanol–water partition coefficient (Wildman–Crippen LogP) is 3.62. The molecule has 0 aliphatic carbocycles. The van der Waals surface area contributed by atoms with Crippen molar-refractivity contribution in [2.45, 2.75) is 11.8 Å². The summed E-state index contributed by atoms with van der Waals surface area (Å²) in [6.07, 6.45) is 1.36. The van der Waals surface area contributed by atoms with Crippen LogP contribution in [0.15, 0.2) is 53.6 Å². The number of sulfonamides is 1. The molecular weight excluding hydrogens is 469 g/mol. The third-order valence-corrected chi connectivity index (χ3v) is 7.87. The Hall–Kier alpha value is -2.86. The lowest BCUT2D eigenvalue weighted by atomic mass is 10.2. The molecule has 8 nitrogen and oxygen atoms in total. The molecule has 11 heteroatoms. The van der Waals surface area contributed by atoms with Crippen LogP contribution >= 0.6 is 11.3 Å². The number of morpholine rings is 1. The number of benzene rings is 2. The SMILES string of the molecule is CCOc1ccc(NC(=O)c2cnc(-c3ccccc3F)s2)cc1S(=O)(=O)N1CCOCC1. The van der Waals surface area contributed by atoms with Gasteiger partial charge in [0, 0.05) is 24.3 Å². The summed E-state index contributed by atoms with van der Waals surface area (Å²) in [4.78, 5) is 17.2. The Morgan fingerprint density at radius 1 is 1.24 bits per heavy atom. The molecule has 2 aromatic carbocycles. The van der Waals surface area contributed by atoms with E-state index in [1.807, 2.05) is 0 Å². The number of carbonyl (C=O) groups excluding carboxylic acids is 1. The van der Waals surface area contributed by atoms with Gasteiger partial charge in [-0.1, -0.05) is 12.1 Å². The van der Waals surface area contributed by atoms with Gasteiger partial charge in [-0.05, 0) is 37.3 Å². The second-order valence-electron chi connectivity index (χ2n) is 7.07. The van der Waals surface area contributed by atoms with E-state index in [2.05, 4.69) is 10.3 Å². The molecule has 1 fully saturated rings. The Morgan fingerprint density at radius 2 is 2.00 bits per heavy atom. The maximum absolute atomic E-state index is 14.0. The van der Waals surface area contributed by atoms with E-state index in [0.717, 1.165) is 11.3 Å². The Bertz CT molecular complexity index is 1260. The highest BCUT2D eigenvalue weighted by atomic mass is 32.2. The number of hydrogen-bond donors (Lipinski definition) is 1. The van der Waals surface area contributed by atoms with Gasteiger partial charge in [0.05, 0.1) is 26.0 Å². The first-order valence-electron chi connectivity index (χ1n) is 10.3. The lowest BCUT2D eigenvalue weighted by Crippen LogP contribution is -2.40. The number of amides is 1. The van der Waals surface area contributed by atoms with Gasteiger partial charge in [0.15, 0.2) is 0 Å². The van der Waals surface area contributed by atoms with E-state index in [0.29, 0.717) is 23.8 Å². The van der Waals surface area contributed by atoms with E-state index >= 15 is 0 Å². The molecule has 0 radical (unpaired) electrons. The van der Waals surface area contributed by atoms with Crippen molar-refractivity contribution in [1.82, 2.24) is 9.29 Å². The third kappa shape index (κ3) is 5.06. The van der Waals surface area contributed by atoms with E-state index in [4.69, 9.17) is 9.47 Å². The van der Waals surface area contributed by atoms with E-state index in [-0.39, 0.29) is 40.9 Å². The fourth-order valence-electron chi connectivity index (χ4n) is 3.32. The number of anilines is 1. The first-order valence-corrected chi connectivity index (χ1v) is 12.5. The molecule has 3 aromatic rings. The monoisotopic (exact) mass is 491 g/mol. The molecule has 2 heterocycles. The van der Waals surface area contributed by atoms with Crippen LogP contribution in [0.2, 0.25) is 0 Å². The van der Waals surface area contributed by atoms with Crippen molar-refractivity contribution in [1.29, 1.82) is 0 Å². The number of carbonyl (C=O) groups is 1. The zero-order valence-corrected chi connectivity index (χ0v) is 19.4. The van der Waals surface area contributed by atoms with Crippen LogP contribution in [0.1, 0.15) is 16.6 Å². The molecule has 0 unspecified atom stereocenters. The molecule has 0 spiro atoms.